The first kappa shape index (κ1) is 17.2. The predicted molar refractivity (Wildman–Crippen MR) is 107 cm³/mol. The molecule has 0 saturated carbocycles. The second-order valence-electron chi connectivity index (χ2n) is 5.89. The number of hydrogen-bond donors (Lipinski definition) is 2. The number of fused-ring (bicyclic) bond motifs is 1. The van der Waals surface area contributed by atoms with Crippen molar-refractivity contribution in [1.82, 2.24) is 10.3 Å². The van der Waals surface area contributed by atoms with Gasteiger partial charge >= 0.3 is 0 Å². The van der Waals surface area contributed by atoms with Crippen molar-refractivity contribution in [2.45, 2.75) is 19.9 Å². The van der Waals surface area contributed by atoms with E-state index in [1.807, 2.05) is 36.4 Å². The first-order valence-corrected chi connectivity index (χ1v) is 8.55. The molecule has 2 N–H and O–H groups in total. The summed E-state index contributed by atoms with van der Waals surface area (Å²) in [4.78, 5) is 4.41. The molecule has 0 aliphatic heterocycles. The van der Waals surface area contributed by atoms with Crippen LogP contribution in [0.25, 0.3) is 10.9 Å². The topological polar surface area (TPSA) is 46.2 Å². The van der Waals surface area contributed by atoms with Crippen LogP contribution in [0.2, 0.25) is 0 Å². The normalized spacial score (nSPS) is 11.8. The van der Waals surface area contributed by atoms with Crippen molar-refractivity contribution in [3.05, 3.63) is 65.9 Å². The molecule has 0 saturated heterocycles. The van der Waals surface area contributed by atoms with Crippen LogP contribution in [0.5, 0.6) is 5.75 Å². The average molecular weight is 351 g/mol. The van der Waals surface area contributed by atoms with Gasteiger partial charge in [-0.1, -0.05) is 24.3 Å². The Kier molecular flexibility index (Phi) is 5.14. The summed E-state index contributed by atoms with van der Waals surface area (Å²) in [6, 6.07) is 16.2. The maximum absolute atomic E-state index is 5.51. The van der Waals surface area contributed by atoms with Gasteiger partial charge in [-0.3, -0.25) is 4.98 Å². The molecule has 1 aromatic heterocycles. The Labute approximate surface area is 153 Å². The number of aryl methyl sites for hydroxylation is 1. The quantitative estimate of drug-likeness (QED) is 0.673. The lowest BCUT2D eigenvalue weighted by Gasteiger charge is -2.20. The highest BCUT2D eigenvalue weighted by Crippen LogP contribution is 2.29. The lowest BCUT2D eigenvalue weighted by atomic mass is 10.0. The molecule has 3 rings (SSSR count). The minimum atomic E-state index is 0.115. The highest BCUT2D eigenvalue weighted by Gasteiger charge is 2.11. The second kappa shape index (κ2) is 7.49. The number of nitrogens with zero attached hydrogens (tertiary/aromatic N) is 1. The van der Waals surface area contributed by atoms with Crippen LogP contribution in [0, 0.1) is 6.92 Å². The maximum Gasteiger partial charge on any atom is 0.171 e. The standard InChI is InChI=1S/C20H21N3OS/c1-13-7-4-5-8-15(13)14(2)22-20(25)23-17-10-11-18(24-3)19-16(17)9-6-12-21-19/h4-12,14H,1-3H3,(H2,22,23,25)/t14-/m1/s1. The fraction of sp³-hybridized carbons (Fsp3) is 0.200. The van der Waals surface area contributed by atoms with Gasteiger partial charge in [-0.15, -0.1) is 0 Å². The smallest absolute Gasteiger partial charge is 0.171 e. The van der Waals surface area contributed by atoms with Gasteiger partial charge < -0.3 is 15.4 Å². The summed E-state index contributed by atoms with van der Waals surface area (Å²) in [5.74, 6) is 0.744. The second-order valence-corrected chi connectivity index (χ2v) is 6.30. The average Bonchev–Trinajstić information content (AvgIpc) is 2.62. The lowest BCUT2D eigenvalue weighted by molar-refractivity contribution is 0.419. The Hall–Kier alpha value is -2.66. The summed E-state index contributed by atoms with van der Waals surface area (Å²) in [5, 5.41) is 8.17. The molecule has 1 atom stereocenters. The van der Waals surface area contributed by atoms with Gasteiger partial charge in [0.05, 0.1) is 13.2 Å². The lowest BCUT2D eigenvalue weighted by Crippen LogP contribution is -2.31. The molecule has 1 heterocycles. The number of benzene rings is 2. The van der Waals surface area contributed by atoms with E-state index in [0.29, 0.717) is 5.11 Å². The first-order valence-electron chi connectivity index (χ1n) is 8.15. The highest BCUT2D eigenvalue weighted by atomic mass is 32.1. The van der Waals surface area contributed by atoms with Crippen LogP contribution < -0.4 is 15.4 Å². The monoisotopic (exact) mass is 351 g/mol. The Morgan fingerprint density at radius 3 is 2.68 bits per heavy atom. The zero-order valence-electron chi connectivity index (χ0n) is 14.5. The molecule has 4 nitrogen and oxygen atoms in total. The molecule has 0 radical (unpaired) electrons. The van der Waals surface area contributed by atoms with Crippen LogP contribution in [-0.4, -0.2) is 17.2 Å². The third-order valence-electron chi connectivity index (χ3n) is 4.20. The molecule has 0 spiro atoms. The molecule has 3 aromatic rings. The van der Waals surface area contributed by atoms with E-state index < -0.39 is 0 Å². The van der Waals surface area contributed by atoms with Crippen molar-refractivity contribution in [2.75, 3.05) is 12.4 Å². The van der Waals surface area contributed by atoms with Gasteiger partial charge in [-0.25, -0.2) is 0 Å². The minimum Gasteiger partial charge on any atom is -0.494 e. The van der Waals surface area contributed by atoms with Crippen LogP contribution in [0.3, 0.4) is 0 Å². The summed E-state index contributed by atoms with van der Waals surface area (Å²) in [6.45, 7) is 4.20. The molecule has 5 heteroatoms. The van der Waals surface area contributed by atoms with Gasteiger partial charge in [0.1, 0.15) is 11.3 Å². The SMILES string of the molecule is COc1ccc(NC(=S)N[C@H](C)c2ccccc2C)c2cccnc12. The first-order chi connectivity index (χ1) is 12.1. The molecule has 25 heavy (non-hydrogen) atoms. The van der Waals surface area contributed by atoms with E-state index in [9.17, 15) is 0 Å². The number of hydrogen-bond acceptors (Lipinski definition) is 3. The van der Waals surface area contributed by atoms with Crippen molar-refractivity contribution >= 4 is 33.9 Å². The molecule has 0 aliphatic rings. The summed E-state index contributed by atoms with van der Waals surface area (Å²) in [6.07, 6.45) is 1.76. The molecular weight excluding hydrogens is 330 g/mol. The number of pyridine rings is 1. The molecule has 0 unspecified atom stereocenters. The Bertz CT molecular complexity index is 910. The summed E-state index contributed by atoms with van der Waals surface area (Å²) in [5.41, 5.74) is 4.18. The van der Waals surface area contributed by atoms with Gasteiger partial charge in [-0.05, 0) is 61.5 Å². The van der Waals surface area contributed by atoms with E-state index >= 15 is 0 Å². The van der Waals surface area contributed by atoms with Crippen LogP contribution in [-0.2, 0) is 0 Å². The fourth-order valence-electron chi connectivity index (χ4n) is 2.93. The summed E-state index contributed by atoms with van der Waals surface area (Å²) < 4.78 is 5.38. The number of rotatable bonds is 4. The molecule has 0 fully saturated rings. The van der Waals surface area contributed by atoms with Crippen molar-refractivity contribution in [2.24, 2.45) is 0 Å². The van der Waals surface area contributed by atoms with Crippen molar-refractivity contribution in [3.8, 4) is 5.75 Å². The third-order valence-corrected chi connectivity index (χ3v) is 4.42. The van der Waals surface area contributed by atoms with E-state index in [1.54, 1.807) is 13.3 Å². The number of thiocarbonyl (C=S) groups is 1. The molecule has 0 aliphatic carbocycles. The Morgan fingerprint density at radius 2 is 1.92 bits per heavy atom. The van der Waals surface area contributed by atoms with E-state index in [-0.39, 0.29) is 6.04 Å². The van der Waals surface area contributed by atoms with E-state index in [1.165, 1.54) is 11.1 Å². The van der Waals surface area contributed by atoms with Crippen LogP contribution >= 0.6 is 12.2 Å². The Balaban J connectivity index is 1.80. The minimum absolute atomic E-state index is 0.115. The largest absolute Gasteiger partial charge is 0.494 e. The van der Waals surface area contributed by atoms with Gasteiger partial charge in [0.25, 0.3) is 0 Å². The number of methoxy groups -OCH3 is 1. The fourth-order valence-corrected chi connectivity index (χ4v) is 3.21. The van der Waals surface area contributed by atoms with Crippen molar-refractivity contribution in [1.29, 1.82) is 0 Å². The van der Waals surface area contributed by atoms with Crippen molar-refractivity contribution < 1.29 is 4.74 Å². The molecule has 2 aromatic carbocycles. The number of anilines is 1. The van der Waals surface area contributed by atoms with E-state index in [2.05, 4.69) is 41.6 Å². The maximum atomic E-state index is 5.51. The molecular formula is C20H21N3OS. The van der Waals surface area contributed by atoms with Gasteiger partial charge in [-0.2, -0.15) is 0 Å². The number of nitrogens with one attached hydrogen (secondary N) is 2. The summed E-state index contributed by atoms with van der Waals surface area (Å²) in [7, 11) is 1.65. The number of aromatic nitrogens is 1. The van der Waals surface area contributed by atoms with Gasteiger partial charge in [0.15, 0.2) is 5.11 Å². The number of ether oxygens (including phenoxy) is 1. The predicted octanol–water partition coefficient (Wildman–Crippen LogP) is 4.60. The highest BCUT2D eigenvalue weighted by molar-refractivity contribution is 7.80. The molecule has 128 valence electrons. The van der Waals surface area contributed by atoms with Crippen LogP contribution in [0.15, 0.2) is 54.7 Å². The summed E-state index contributed by atoms with van der Waals surface area (Å²) >= 11 is 5.51. The zero-order chi connectivity index (χ0) is 17.8. The van der Waals surface area contributed by atoms with E-state index in [4.69, 9.17) is 17.0 Å². The third kappa shape index (κ3) is 3.72. The van der Waals surface area contributed by atoms with Crippen LogP contribution in [0.1, 0.15) is 24.1 Å². The van der Waals surface area contributed by atoms with Crippen LogP contribution in [0.4, 0.5) is 5.69 Å². The van der Waals surface area contributed by atoms with Crippen molar-refractivity contribution in [3.63, 3.8) is 0 Å². The van der Waals surface area contributed by atoms with Gasteiger partial charge in [0, 0.05) is 17.3 Å². The van der Waals surface area contributed by atoms with Gasteiger partial charge in [0.2, 0.25) is 0 Å². The van der Waals surface area contributed by atoms with E-state index in [0.717, 1.165) is 22.3 Å². The molecule has 0 bridgehead atoms. The Morgan fingerprint density at radius 1 is 1.12 bits per heavy atom. The molecule has 0 amide bonds. The zero-order valence-corrected chi connectivity index (χ0v) is 15.4.